The molecule has 1 aliphatic carbocycles. The summed E-state index contributed by atoms with van der Waals surface area (Å²) in [6.45, 7) is 2.13. The number of hydrogen-bond acceptors (Lipinski definition) is 2. The number of carbonyl (C=O) groups is 1. The summed E-state index contributed by atoms with van der Waals surface area (Å²) in [6.07, 6.45) is 4.63. The van der Waals surface area contributed by atoms with Gasteiger partial charge in [-0.1, -0.05) is 6.92 Å². The van der Waals surface area contributed by atoms with Gasteiger partial charge in [0.1, 0.15) is 4.75 Å². The number of carboxylic acids is 1. The highest BCUT2D eigenvalue weighted by Gasteiger charge is 2.43. The highest BCUT2D eigenvalue weighted by molar-refractivity contribution is 8.00. The summed E-state index contributed by atoms with van der Waals surface area (Å²) in [4.78, 5) is 10.9. The molecule has 1 aliphatic rings. The van der Waals surface area contributed by atoms with E-state index in [1.54, 1.807) is 0 Å². The Kier molecular flexibility index (Phi) is 2.47. The second-order valence-electron chi connectivity index (χ2n) is 3.35. The zero-order chi connectivity index (χ0) is 8.48. The summed E-state index contributed by atoms with van der Waals surface area (Å²) < 4.78 is -0.459. The Balaban J connectivity index is 2.70. The predicted molar refractivity (Wildman–Crippen MR) is 46.9 cm³/mol. The van der Waals surface area contributed by atoms with Crippen molar-refractivity contribution in [2.45, 2.75) is 30.9 Å². The van der Waals surface area contributed by atoms with Crippen LogP contribution in [0.15, 0.2) is 0 Å². The fraction of sp³-hybridized carbons (Fsp3) is 0.875. The summed E-state index contributed by atoms with van der Waals surface area (Å²) >= 11 is 1.49. The maximum absolute atomic E-state index is 10.9. The zero-order valence-corrected chi connectivity index (χ0v) is 7.78. The van der Waals surface area contributed by atoms with Crippen molar-refractivity contribution in [1.82, 2.24) is 0 Å². The molecule has 0 radical (unpaired) electrons. The zero-order valence-electron chi connectivity index (χ0n) is 6.96. The molecule has 3 heteroatoms. The third-order valence-corrected chi connectivity index (χ3v) is 3.83. The molecule has 1 N–H and O–H groups in total. The van der Waals surface area contributed by atoms with E-state index in [0.717, 1.165) is 19.3 Å². The maximum atomic E-state index is 10.9. The molecule has 0 spiro atoms. The average Bonchev–Trinajstić information content (AvgIpc) is 2.33. The van der Waals surface area contributed by atoms with Crippen molar-refractivity contribution in [3.8, 4) is 0 Å². The fourth-order valence-electron chi connectivity index (χ4n) is 1.71. The van der Waals surface area contributed by atoms with E-state index < -0.39 is 10.7 Å². The Bertz CT molecular complexity index is 169. The summed E-state index contributed by atoms with van der Waals surface area (Å²) in [5, 5.41) is 8.96. The van der Waals surface area contributed by atoms with Crippen LogP contribution in [0.3, 0.4) is 0 Å². The minimum atomic E-state index is -0.630. The van der Waals surface area contributed by atoms with Crippen molar-refractivity contribution < 1.29 is 9.90 Å². The molecular formula is C8H14O2S. The van der Waals surface area contributed by atoms with E-state index in [4.69, 9.17) is 5.11 Å². The first-order valence-corrected chi connectivity index (χ1v) is 5.12. The monoisotopic (exact) mass is 174 g/mol. The second-order valence-corrected chi connectivity index (χ2v) is 4.54. The molecule has 11 heavy (non-hydrogen) atoms. The molecule has 0 amide bonds. The van der Waals surface area contributed by atoms with E-state index in [0.29, 0.717) is 5.92 Å². The molecule has 1 fully saturated rings. The van der Waals surface area contributed by atoms with Gasteiger partial charge in [-0.3, -0.25) is 4.79 Å². The molecule has 0 bridgehead atoms. The number of rotatable bonds is 2. The van der Waals surface area contributed by atoms with E-state index in [1.807, 2.05) is 6.26 Å². The number of hydrogen-bond donors (Lipinski definition) is 1. The molecule has 0 aliphatic heterocycles. The van der Waals surface area contributed by atoms with Gasteiger partial charge in [0.2, 0.25) is 0 Å². The van der Waals surface area contributed by atoms with Gasteiger partial charge in [-0.2, -0.15) is 0 Å². The fourth-order valence-corrected chi connectivity index (χ4v) is 2.66. The lowest BCUT2D eigenvalue weighted by atomic mass is 10.1. The lowest BCUT2D eigenvalue weighted by Gasteiger charge is -2.20. The van der Waals surface area contributed by atoms with Gasteiger partial charge in [-0.15, -0.1) is 11.8 Å². The van der Waals surface area contributed by atoms with Crippen molar-refractivity contribution in [2.75, 3.05) is 6.26 Å². The summed E-state index contributed by atoms with van der Waals surface area (Å²) in [5.41, 5.74) is 0. The van der Waals surface area contributed by atoms with Crippen LogP contribution in [-0.2, 0) is 4.79 Å². The summed E-state index contributed by atoms with van der Waals surface area (Å²) in [7, 11) is 0. The van der Waals surface area contributed by atoms with E-state index in [9.17, 15) is 4.79 Å². The molecule has 0 heterocycles. The largest absolute Gasteiger partial charge is 0.480 e. The topological polar surface area (TPSA) is 37.3 Å². The van der Waals surface area contributed by atoms with Crippen molar-refractivity contribution >= 4 is 17.7 Å². The van der Waals surface area contributed by atoms with Gasteiger partial charge in [0, 0.05) is 0 Å². The average molecular weight is 174 g/mol. The molecule has 0 aromatic carbocycles. The molecular weight excluding hydrogens is 160 g/mol. The second kappa shape index (κ2) is 3.05. The molecule has 2 nitrogen and oxygen atoms in total. The van der Waals surface area contributed by atoms with E-state index >= 15 is 0 Å². The summed E-state index contributed by atoms with van der Waals surface area (Å²) in [6, 6.07) is 0. The van der Waals surface area contributed by atoms with Crippen molar-refractivity contribution in [2.24, 2.45) is 5.92 Å². The molecule has 0 aromatic rings. The van der Waals surface area contributed by atoms with Crippen molar-refractivity contribution in [3.05, 3.63) is 0 Å². The van der Waals surface area contributed by atoms with Crippen LogP contribution in [0.1, 0.15) is 26.2 Å². The molecule has 2 unspecified atom stereocenters. The third kappa shape index (κ3) is 1.53. The third-order valence-electron chi connectivity index (χ3n) is 2.50. The number of aliphatic carboxylic acids is 1. The molecule has 1 saturated carbocycles. The summed E-state index contributed by atoms with van der Waals surface area (Å²) in [5.74, 6) is -0.0482. The van der Waals surface area contributed by atoms with Gasteiger partial charge < -0.3 is 5.11 Å². The van der Waals surface area contributed by atoms with Crippen LogP contribution in [0, 0.1) is 5.92 Å². The van der Waals surface area contributed by atoms with Gasteiger partial charge in [0.15, 0.2) is 0 Å². The van der Waals surface area contributed by atoms with Crippen molar-refractivity contribution in [1.29, 1.82) is 0 Å². The van der Waals surface area contributed by atoms with E-state index in [1.165, 1.54) is 11.8 Å². The first kappa shape index (κ1) is 8.91. The SMILES string of the molecule is CSC1(C(=O)O)CCC(C)C1. The molecule has 0 saturated heterocycles. The molecule has 64 valence electrons. The first-order valence-electron chi connectivity index (χ1n) is 3.89. The van der Waals surface area contributed by atoms with Gasteiger partial charge in [0.05, 0.1) is 0 Å². The standard InChI is InChI=1S/C8H14O2S/c1-6-3-4-8(5-6,11-2)7(9)10/h6H,3-5H2,1-2H3,(H,9,10). The first-order chi connectivity index (χ1) is 5.10. The highest BCUT2D eigenvalue weighted by Crippen LogP contribution is 2.43. The normalized spacial score (nSPS) is 37.5. The van der Waals surface area contributed by atoms with E-state index in [-0.39, 0.29) is 0 Å². The lowest BCUT2D eigenvalue weighted by molar-refractivity contribution is -0.139. The molecule has 1 rings (SSSR count). The smallest absolute Gasteiger partial charge is 0.319 e. The van der Waals surface area contributed by atoms with Crippen LogP contribution < -0.4 is 0 Å². The predicted octanol–water partition coefficient (Wildman–Crippen LogP) is 1.99. The van der Waals surface area contributed by atoms with Crippen LogP contribution in [0.25, 0.3) is 0 Å². The quantitative estimate of drug-likeness (QED) is 0.695. The van der Waals surface area contributed by atoms with Gasteiger partial charge in [-0.25, -0.2) is 0 Å². The number of thioether (sulfide) groups is 1. The Hall–Kier alpha value is -0.180. The minimum absolute atomic E-state index is 0.459. The molecule has 2 atom stereocenters. The Labute approximate surface area is 71.4 Å². The van der Waals surface area contributed by atoms with E-state index in [2.05, 4.69) is 6.92 Å². The van der Waals surface area contributed by atoms with Crippen molar-refractivity contribution in [3.63, 3.8) is 0 Å². The van der Waals surface area contributed by atoms with Crippen LogP contribution in [0.4, 0.5) is 0 Å². The van der Waals surface area contributed by atoms with Crippen LogP contribution in [0.2, 0.25) is 0 Å². The van der Waals surface area contributed by atoms with Crippen LogP contribution >= 0.6 is 11.8 Å². The van der Waals surface area contributed by atoms with Crippen LogP contribution in [-0.4, -0.2) is 22.1 Å². The van der Waals surface area contributed by atoms with Gasteiger partial charge >= 0.3 is 5.97 Å². The van der Waals surface area contributed by atoms with Crippen LogP contribution in [0.5, 0.6) is 0 Å². The maximum Gasteiger partial charge on any atom is 0.319 e. The minimum Gasteiger partial charge on any atom is -0.480 e. The molecule has 0 aromatic heterocycles. The Morgan fingerprint density at radius 1 is 1.73 bits per heavy atom. The number of carboxylic acid groups (broad SMARTS) is 1. The lowest BCUT2D eigenvalue weighted by Crippen LogP contribution is -2.31. The van der Waals surface area contributed by atoms with Gasteiger partial charge in [0.25, 0.3) is 0 Å². The highest BCUT2D eigenvalue weighted by atomic mass is 32.2. The van der Waals surface area contributed by atoms with Gasteiger partial charge in [-0.05, 0) is 31.4 Å². The Morgan fingerprint density at radius 2 is 2.36 bits per heavy atom. The Morgan fingerprint density at radius 3 is 2.55 bits per heavy atom.